The summed E-state index contributed by atoms with van der Waals surface area (Å²) in [6, 6.07) is 13.6. The van der Waals surface area contributed by atoms with E-state index in [9.17, 15) is 15.0 Å². The largest absolute Gasteiger partial charge is 0.508 e. The molecule has 2 rings (SSSR count). The fraction of sp³-hybridized carbons (Fsp3) is 0.188. The topological polar surface area (TPSA) is 57.5 Å². The highest BCUT2D eigenvalue weighted by atomic mass is 16.3. The SMILES string of the molecule is CC(O)Cc1cc(O)ccc1C(=O)c1ccccc1. The van der Waals surface area contributed by atoms with Gasteiger partial charge in [-0.2, -0.15) is 0 Å². The second-order valence-corrected chi connectivity index (χ2v) is 4.59. The molecule has 0 aliphatic carbocycles. The van der Waals surface area contributed by atoms with E-state index in [4.69, 9.17) is 0 Å². The second-order valence-electron chi connectivity index (χ2n) is 4.59. The Morgan fingerprint density at radius 1 is 1.16 bits per heavy atom. The van der Waals surface area contributed by atoms with Crippen molar-refractivity contribution in [3.05, 3.63) is 65.2 Å². The molecule has 0 amide bonds. The maximum Gasteiger partial charge on any atom is 0.193 e. The summed E-state index contributed by atoms with van der Waals surface area (Å²) in [4.78, 5) is 12.4. The molecule has 0 aliphatic rings. The summed E-state index contributed by atoms with van der Waals surface area (Å²) >= 11 is 0. The Kier molecular flexibility index (Phi) is 3.97. The van der Waals surface area contributed by atoms with Gasteiger partial charge in [-0.1, -0.05) is 30.3 Å². The predicted octanol–water partition coefficient (Wildman–Crippen LogP) is 2.55. The van der Waals surface area contributed by atoms with Gasteiger partial charge < -0.3 is 10.2 Å². The van der Waals surface area contributed by atoms with Gasteiger partial charge in [-0.3, -0.25) is 4.79 Å². The minimum Gasteiger partial charge on any atom is -0.508 e. The molecule has 1 unspecified atom stereocenters. The van der Waals surface area contributed by atoms with E-state index >= 15 is 0 Å². The number of aromatic hydroxyl groups is 1. The Morgan fingerprint density at radius 2 is 1.84 bits per heavy atom. The van der Waals surface area contributed by atoms with Crippen LogP contribution in [0.1, 0.15) is 28.4 Å². The quantitative estimate of drug-likeness (QED) is 0.826. The average molecular weight is 256 g/mol. The number of carbonyl (C=O) groups is 1. The summed E-state index contributed by atoms with van der Waals surface area (Å²) in [6.45, 7) is 1.65. The molecule has 98 valence electrons. The normalized spacial score (nSPS) is 12.1. The van der Waals surface area contributed by atoms with Crippen molar-refractivity contribution in [1.82, 2.24) is 0 Å². The van der Waals surface area contributed by atoms with Crippen LogP contribution < -0.4 is 0 Å². The van der Waals surface area contributed by atoms with Crippen LogP contribution >= 0.6 is 0 Å². The van der Waals surface area contributed by atoms with Crippen LogP contribution in [0.3, 0.4) is 0 Å². The number of benzene rings is 2. The summed E-state index contributed by atoms with van der Waals surface area (Å²) < 4.78 is 0. The third-order valence-electron chi connectivity index (χ3n) is 2.88. The molecule has 0 fully saturated rings. The molecule has 0 aromatic heterocycles. The lowest BCUT2D eigenvalue weighted by molar-refractivity contribution is 0.103. The van der Waals surface area contributed by atoms with Crippen molar-refractivity contribution in [2.24, 2.45) is 0 Å². The van der Waals surface area contributed by atoms with Gasteiger partial charge in [0.1, 0.15) is 5.75 Å². The Bertz CT molecular complexity index is 574. The molecule has 2 aromatic carbocycles. The average Bonchev–Trinajstić information content (AvgIpc) is 2.38. The molecule has 2 aromatic rings. The number of rotatable bonds is 4. The van der Waals surface area contributed by atoms with Crippen LogP contribution in [-0.2, 0) is 6.42 Å². The lowest BCUT2D eigenvalue weighted by Crippen LogP contribution is -2.11. The van der Waals surface area contributed by atoms with Crippen molar-refractivity contribution in [3.63, 3.8) is 0 Å². The van der Waals surface area contributed by atoms with E-state index in [0.717, 1.165) is 0 Å². The van der Waals surface area contributed by atoms with Gasteiger partial charge in [-0.15, -0.1) is 0 Å². The maximum atomic E-state index is 12.4. The summed E-state index contributed by atoms with van der Waals surface area (Å²) in [5.41, 5.74) is 1.77. The van der Waals surface area contributed by atoms with Crippen molar-refractivity contribution in [2.75, 3.05) is 0 Å². The Balaban J connectivity index is 2.41. The van der Waals surface area contributed by atoms with E-state index in [0.29, 0.717) is 23.1 Å². The van der Waals surface area contributed by atoms with E-state index in [-0.39, 0.29) is 11.5 Å². The maximum absolute atomic E-state index is 12.4. The fourth-order valence-corrected chi connectivity index (χ4v) is 2.03. The molecular formula is C16H16O3. The Hall–Kier alpha value is -2.13. The van der Waals surface area contributed by atoms with E-state index in [1.807, 2.05) is 18.2 Å². The number of phenolic OH excluding ortho intramolecular Hbond substituents is 1. The van der Waals surface area contributed by atoms with Crippen LogP contribution in [0.15, 0.2) is 48.5 Å². The van der Waals surface area contributed by atoms with Gasteiger partial charge >= 0.3 is 0 Å². The third-order valence-corrected chi connectivity index (χ3v) is 2.88. The highest BCUT2D eigenvalue weighted by Gasteiger charge is 2.15. The first-order chi connectivity index (χ1) is 9.08. The van der Waals surface area contributed by atoms with Gasteiger partial charge in [0.25, 0.3) is 0 Å². The predicted molar refractivity (Wildman–Crippen MR) is 73.4 cm³/mol. The molecule has 3 heteroatoms. The second kappa shape index (κ2) is 5.67. The van der Waals surface area contributed by atoms with Crippen LogP contribution in [0.25, 0.3) is 0 Å². The van der Waals surface area contributed by atoms with E-state index in [1.54, 1.807) is 25.1 Å². The molecule has 0 spiro atoms. The van der Waals surface area contributed by atoms with Crippen molar-refractivity contribution in [1.29, 1.82) is 0 Å². The Labute approximate surface area is 112 Å². The molecule has 1 atom stereocenters. The Morgan fingerprint density at radius 3 is 2.47 bits per heavy atom. The summed E-state index contributed by atoms with van der Waals surface area (Å²) in [5, 5.41) is 19.0. The summed E-state index contributed by atoms with van der Waals surface area (Å²) in [5.74, 6) is -0.00323. The minimum absolute atomic E-state index is 0.0975. The molecule has 0 bridgehead atoms. The number of aliphatic hydroxyl groups is 1. The van der Waals surface area contributed by atoms with Gasteiger partial charge in [0.2, 0.25) is 0 Å². The van der Waals surface area contributed by atoms with Crippen LogP contribution in [0.2, 0.25) is 0 Å². The van der Waals surface area contributed by atoms with Crippen molar-refractivity contribution in [3.8, 4) is 5.75 Å². The smallest absolute Gasteiger partial charge is 0.193 e. The zero-order valence-electron chi connectivity index (χ0n) is 10.7. The zero-order valence-corrected chi connectivity index (χ0v) is 10.7. The van der Waals surface area contributed by atoms with Gasteiger partial charge in [0, 0.05) is 11.1 Å². The lowest BCUT2D eigenvalue weighted by Gasteiger charge is -2.11. The molecule has 2 N–H and O–H groups in total. The standard InChI is InChI=1S/C16H16O3/c1-11(17)9-13-10-14(18)7-8-15(13)16(19)12-5-3-2-4-6-12/h2-8,10-11,17-18H,9H2,1H3. The number of ketones is 1. The van der Waals surface area contributed by atoms with Gasteiger partial charge in [-0.25, -0.2) is 0 Å². The summed E-state index contributed by atoms with van der Waals surface area (Å²) in [6.07, 6.45) is -0.230. The first-order valence-corrected chi connectivity index (χ1v) is 6.17. The molecule has 0 saturated carbocycles. The molecule has 0 aliphatic heterocycles. The van der Waals surface area contributed by atoms with Crippen molar-refractivity contribution >= 4 is 5.78 Å². The van der Waals surface area contributed by atoms with Gasteiger partial charge in [0.05, 0.1) is 6.10 Å². The first-order valence-electron chi connectivity index (χ1n) is 6.17. The number of aliphatic hydroxyl groups excluding tert-OH is 1. The molecule has 3 nitrogen and oxygen atoms in total. The summed E-state index contributed by atoms with van der Waals surface area (Å²) in [7, 11) is 0. The molecular weight excluding hydrogens is 240 g/mol. The van der Waals surface area contributed by atoms with E-state index in [1.165, 1.54) is 12.1 Å². The molecule has 0 radical (unpaired) electrons. The number of carbonyl (C=O) groups excluding carboxylic acids is 1. The molecule has 0 saturated heterocycles. The van der Waals surface area contributed by atoms with Gasteiger partial charge in [-0.05, 0) is 37.1 Å². The first kappa shape index (κ1) is 13.3. The van der Waals surface area contributed by atoms with Crippen LogP contribution in [0, 0.1) is 0 Å². The highest BCUT2D eigenvalue weighted by molar-refractivity contribution is 6.10. The van der Waals surface area contributed by atoms with Crippen molar-refractivity contribution in [2.45, 2.75) is 19.4 Å². The molecule has 19 heavy (non-hydrogen) atoms. The zero-order chi connectivity index (χ0) is 13.8. The number of phenols is 1. The number of hydrogen-bond acceptors (Lipinski definition) is 3. The van der Waals surface area contributed by atoms with E-state index in [2.05, 4.69) is 0 Å². The van der Waals surface area contributed by atoms with E-state index < -0.39 is 6.10 Å². The lowest BCUT2D eigenvalue weighted by atomic mass is 9.95. The monoisotopic (exact) mass is 256 g/mol. The number of hydrogen-bond donors (Lipinski definition) is 2. The third kappa shape index (κ3) is 3.20. The highest BCUT2D eigenvalue weighted by Crippen LogP contribution is 2.21. The fourth-order valence-electron chi connectivity index (χ4n) is 2.03. The van der Waals surface area contributed by atoms with Crippen LogP contribution in [0.4, 0.5) is 0 Å². The van der Waals surface area contributed by atoms with Gasteiger partial charge in [0.15, 0.2) is 5.78 Å². The molecule has 0 heterocycles. The van der Waals surface area contributed by atoms with Crippen LogP contribution in [0.5, 0.6) is 5.75 Å². The minimum atomic E-state index is -0.566. The van der Waals surface area contributed by atoms with Crippen molar-refractivity contribution < 1.29 is 15.0 Å². The van der Waals surface area contributed by atoms with Crippen LogP contribution in [-0.4, -0.2) is 22.1 Å².